The van der Waals surface area contributed by atoms with Gasteiger partial charge in [0.2, 0.25) is 0 Å². The summed E-state index contributed by atoms with van der Waals surface area (Å²) in [6.07, 6.45) is 21.3. The topological polar surface area (TPSA) is 38.3 Å². The normalized spacial score (nSPS) is 10.8. The van der Waals surface area contributed by atoms with Gasteiger partial charge in [-0.1, -0.05) is 103 Å². The lowest BCUT2D eigenvalue weighted by Crippen LogP contribution is -2.21. The molecule has 0 aliphatic heterocycles. The molecular formula is C21H42NO2. The summed E-state index contributed by atoms with van der Waals surface area (Å²) in [5.74, 6) is 0. The molecule has 143 valence electrons. The quantitative estimate of drug-likeness (QED) is 0.269. The molecule has 0 aromatic heterocycles. The van der Waals surface area contributed by atoms with E-state index in [-0.39, 0.29) is 6.09 Å². The van der Waals surface area contributed by atoms with E-state index in [9.17, 15) is 4.79 Å². The van der Waals surface area contributed by atoms with Crippen molar-refractivity contribution in [2.75, 3.05) is 6.61 Å². The van der Waals surface area contributed by atoms with E-state index in [1.807, 2.05) is 13.5 Å². The van der Waals surface area contributed by atoms with Crippen molar-refractivity contribution in [2.24, 2.45) is 0 Å². The second kappa shape index (κ2) is 20.3. The number of rotatable bonds is 18. The van der Waals surface area contributed by atoms with Crippen molar-refractivity contribution in [3.63, 3.8) is 0 Å². The molecule has 1 amide bonds. The summed E-state index contributed by atoms with van der Waals surface area (Å²) in [4.78, 5) is 11.0. The number of unbranched alkanes of at least 4 members (excludes halogenated alkanes) is 15. The highest BCUT2D eigenvalue weighted by Crippen LogP contribution is 2.13. The summed E-state index contributed by atoms with van der Waals surface area (Å²) in [5.41, 5.74) is 0. The van der Waals surface area contributed by atoms with E-state index in [1.165, 1.54) is 89.9 Å². The first-order chi connectivity index (χ1) is 11.8. The summed E-state index contributed by atoms with van der Waals surface area (Å²) in [6, 6.07) is 0. The zero-order valence-electron chi connectivity index (χ0n) is 16.4. The van der Waals surface area contributed by atoms with Gasteiger partial charge >= 0.3 is 6.09 Å². The van der Waals surface area contributed by atoms with Crippen LogP contribution in [0.1, 0.15) is 117 Å². The van der Waals surface area contributed by atoms with E-state index < -0.39 is 0 Å². The van der Waals surface area contributed by atoms with Crippen molar-refractivity contribution in [1.82, 2.24) is 5.32 Å². The highest BCUT2D eigenvalue weighted by Gasteiger charge is 1.99. The van der Waals surface area contributed by atoms with Crippen LogP contribution >= 0.6 is 0 Å². The summed E-state index contributed by atoms with van der Waals surface area (Å²) >= 11 is 0. The van der Waals surface area contributed by atoms with E-state index in [2.05, 4.69) is 12.2 Å². The van der Waals surface area contributed by atoms with Crippen LogP contribution in [0.2, 0.25) is 0 Å². The van der Waals surface area contributed by atoms with Gasteiger partial charge in [-0.05, 0) is 13.3 Å². The van der Waals surface area contributed by atoms with E-state index in [0.717, 1.165) is 12.8 Å². The number of ether oxygens (including phenoxy) is 1. The van der Waals surface area contributed by atoms with E-state index in [1.54, 1.807) is 0 Å². The Bertz CT molecular complexity index is 256. The number of hydrogen-bond donors (Lipinski definition) is 1. The molecule has 1 radical (unpaired) electrons. The highest BCUT2D eigenvalue weighted by atomic mass is 16.5. The SMILES string of the molecule is CCCCCCCCCCCCCCCCC[CH]NC(=O)OCC. The third-order valence-electron chi connectivity index (χ3n) is 4.45. The van der Waals surface area contributed by atoms with Gasteiger partial charge in [0.15, 0.2) is 0 Å². The third kappa shape index (κ3) is 19.3. The second-order valence-electron chi connectivity index (χ2n) is 6.81. The summed E-state index contributed by atoms with van der Waals surface area (Å²) in [7, 11) is 0. The van der Waals surface area contributed by atoms with Crippen molar-refractivity contribution < 1.29 is 9.53 Å². The van der Waals surface area contributed by atoms with Crippen LogP contribution in [0.4, 0.5) is 4.79 Å². The maximum absolute atomic E-state index is 11.0. The lowest BCUT2D eigenvalue weighted by molar-refractivity contribution is 0.154. The summed E-state index contributed by atoms with van der Waals surface area (Å²) < 4.78 is 4.79. The molecular weight excluding hydrogens is 298 g/mol. The van der Waals surface area contributed by atoms with Crippen LogP contribution in [0.3, 0.4) is 0 Å². The Morgan fingerprint density at radius 3 is 1.54 bits per heavy atom. The number of hydrogen-bond acceptors (Lipinski definition) is 2. The fourth-order valence-corrected chi connectivity index (χ4v) is 2.95. The molecule has 0 fully saturated rings. The number of carbonyl (C=O) groups is 1. The van der Waals surface area contributed by atoms with Crippen LogP contribution < -0.4 is 5.32 Å². The van der Waals surface area contributed by atoms with Crippen LogP contribution in [0.15, 0.2) is 0 Å². The van der Waals surface area contributed by atoms with Gasteiger partial charge < -0.3 is 10.1 Å². The average Bonchev–Trinajstić information content (AvgIpc) is 2.58. The fourth-order valence-electron chi connectivity index (χ4n) is 2.95. The van der Waals surface area contributed by atoms with Gasteiger partial charge in [0.25, 0.3) is 0 Å². The van der Waals surface area contributed by atoms with Gasteiger partial charge in [-0.15, -0.1) is 0 Å². The molecule has 0 saturated carbocycles. The first-order valence-electron chi connectivity index (χ1n) is 10.6. The number of alkyl carbamates (subject to hydrolysis) is 1. The van der Waals surface area contributed by atoms with Crippen LogP contribution in [0.25, 0.3) is 0 Å². The van der Waals surface area contributed by atoms with E-state index in [4.69, 9.17) is 4.74 Å². The second-order valence-corrected chi connectivity index (χ2v) is 6.81. The van der Waals surface area contributed by atoms with Gasteiger partial charge in [0.05, 0.1) is 13.2 Å². The standard InChI is InChI=1S/C21H42NO2/c1-3-5-6-7-8-9-10-11-12-13-14-15-16-17-18-19-20-22-21(23)24-4-2/h20H,3-19H2,1-2H3,(H,22,23). The maximum Gasteiger partial charge on any atom is 0.407 e. The molecule has 24 heavy (non-hydrogen) atoms. The van der Waals surface area contributed by atoms with Gasteiger partial charge in [-0.3, -0.25) is 0 Å². The van der Waals surface area contributed by atoms with Crippen LogP contribution in [-0.2, 0) is 4.74 Å². The molecule has 1 N–H and O–H groups in total. The molecule has 0 bridgehead atoms. The molecule has 0 aromatic rings. The van der Waals surface area contributed by atoms with Gasteiger partial charge in [0.1, 0.15) is 0 Å². The number of nitrogens with one attached hydrogen (secondary N) is 1. The van der Waals surface area contributed by atoms with Crippen LogP contribution in [0.5, 0.6) is 0 Å². The lowest BCUT2D eigenvalue weighted by atomic mass is 10.0. The van der Waals surface area contributed by atoms with Gasteiger partial charge in [-0.2, -0.15) is 0 Å². The van der Waals surface area contributed by atoms with Crippen LogP contribution in [0, 0.1) is 6.54 Å². The predicted octanol–water partition coefficient (Wildman–Crippen LogP) is 7.16. The molecule has 0 saturated heterocycles. The summed E-state index contributed by atoms with van der Waals surface area (Å²) in [5, 5.41) is 2.65. The minimum absolute atomic E-state index is 0.335. The van der Waals surface area contributed by atoms with Crippen molar-refractivity contribution >= 4 is 6.09 Å². The van der Waals surface area contributed by atoms with Crippen molar-refractivity contribution in [3.8, 4) is 0 Å². The van der Waals surface area contributed by atoms with Gasteiger partial charge in [-0.25, -0.2) is 4.79 Å². The molecule has 0 unspecified atom stereocenters. The molecule has 0 aromatic carbocycles. The molecule has 0 aliphatic carbocycles. The first kappa shape index (κ1) is 23.3. The Kier molecular flexibility index (Phi) is 19.7. The third-order valence-corrected chi connectivity index (χ3v) is 4.45. The molecule has 0 rings (SSSR count). The zero-order chi connectivity index (χ0) is 17.7. The Balaban J connectivity index is 3.01. The van der Waals surface area contributed by atoms with Crippen LogP contribution in [-0.4, -0.2) is 12.7 Å². The number of carbonyl (C=O) groups excluding carboxylic acids is 1. The lowest BCUT2D eigenvalue weighted by Gasteiger charge is -2.05. The smallest absolute Gasteiger partial charge is 0.407 e. The first-order valence-corrected chi connectivity index (χ1v) is 10.6. The minimum Gasteiger partial charge on any atom is -0.450 e. The Morgan fingerprint density at radius 2 is 1.12 bits per heavy atom. The minimum atomic E-state index is -0.335. The molecule has 0 atom stereocenters. The Morgan fingerprint density at radius 1 is 0.708 bits per heavy atom. The van der Waals surface area contributed by atoms with Crippen molar-refractivity contribution in [2.45, 2.75) is 117 Å². The molecule has 0 aliphatic rings. The fraction of sp³-hybridized carbons (Fsp3) is 0.905. The summed E-state index contributed by atoms with van der Waals surface area (Å²) in [6.45, 7) is 6.34. The van der Waals surface area contributed by atoms with Crippen molar-refractivity contribution in [1.29, 1.82) is 0 Å². The largest absolute Gasteiger partial charge is 0.450 e. The van der Waals surface area contributed by atoms with Crippen molar-refractivity contribution in [3.05, 3.63) is 6.54 Å². The molecule has 0 heterocycles. The molecule has 3 heteroatoms. The van der Waals surface area contributed by atoms with E-state index >= 15 is 0 Å². The number of amides is 1. The maximum atomic E-state index is 11.0. The molecule has 0 spiro atoms. The Hall–Kier alpha value is -0.730. The Labute approximate surface area is 151 Å². The van der Waals surface area contributed by atoms with E-state index in [0.29, 0.717) is 6.61 Å². The van der Waals surface area contributed by atoms with Gasteiger partial charge in [0, 0.05) is 0 Å². The zero-order valence-corrected chi connectivity index (χ0v) is 16.4. The monoisotopic (exact) mass is 340 g/mol. The average molecular weight is 341 g/mol. The molecule has 3 nitrogen and oxygen atoms in total. The highest BCUT2D eigenvalue weighted by molar-refractivity contribution is 5.67. The predicted molar refractivity (Wildman–Crippen MR) is 104 cm³/mol.